The number of hydrogen-bond donors (Lipinski definition) is 1. The number of rotatable bonds is 4. The van der Waals surface area contributed by atoms with Gasteiger partial charge in [0.25, 0.3) is 0 Å². The monoisotopic (exact) mass is 329 g/mol. The Labute approximate surface area is 107 Å². The fourth-order valence-corrected chi connectivity index (χ4v) is 1.37. The molecule has 0 radical (unpaired) electrons. The number of nitro benzene ring substituents is 1. The Hall–Kier alpha value is -1.35. The minimum Gasteiger partial charge on any atom is -0.484 e. The van der Waals surface area contributed by atoms with E-state index in [4.69, 9.17) is 5.11 Å². The topological polar surface area (TPSA) is 72.6 Å². The second-order valence-electron chi connectivity index (χ2n) is 3.24. The summed E-state index contributed by atoms with van der Waals surface area (Å²) in [5.74, 6) is -0.341. The van der Waals surface area contributed by atoms with Gasteiger partial charge in [-0.3, -0.25) is 10.1 Å². The van der Waals surface area contributed by atoms with Gasteiger partial charge in [0.1, 0.15) is 6.61 Å². The molecule has 0 aliphatic heterocycles. The van der Waals surface area contributed by atoms with Crippen LogP contribution >= 0.6 is 15.9 Å². The predicted octanol–water partition coefficient (Wildman–Crippen LogP) is 2.66. The van der Waals surface area contributed by atoms with Crippen molar-refractivity contribution in [2.75, 3.05) is 6.61 Å². The molecule has 9 heteroatoms. The molecule has 0 bridgehead atoms. The van der Waals surface area contributed by atoms with E-state index in [1.165, 1.54) is 6.07 Å². The van der Waals surface area contributed by atoms with Gasteiger partial charge in [0.15, 0.2) is 11.9 Å². The Kier molecular flexibility index (Phi) is 4.52. The highest BCUT2D eigenvalue weighted by molar-refractivity contribution is 9.10. The summed E-state index contributed by atoms with van der Waals surface area (Å²) >= 11 is 2.99. The average Bonchev–Trinajstić information content (AvgIpc) is 2.25. The van der Waals surface area contributed by atoms with Crippen LogP contribution in [0.1, 0.15) is 0 Å². The first-order valence-electron chi connectivity index (χ1n) is 4.53. The quantitative estimate of drug-likeness (QED) is 0.680. The van der Waals surface area contributed by atoms with Crippen LogP contribution in [0.5, 0.6) is 5.75 Å². The molecule has 100 valence electrons. The van der Waals surface area contributed by atoms with Gasteiger partial charge in [-0.2, -0.15) is 13.2 Å². The smallest absolute Gasteiger partial charge is 0.417 e. The molecule has 1 unspecified atom stereocenters. The van der Waals surface area contributed by atoms with Gasteiger partial charge in [0.2, 0.25) is 0 Å². The van der Waals surface area contributed by atoms with Crippen LogP contribution < -0.4 is 4.74 Å². The van der Waals surface area contributed by atoms with Crippen LogP contribution in [0.25, 0.3) is 0 Å². The lowest BCUT2D eigenvalue weighted by molar-refractivity contribution is -0.386. The lowest BCUT2D eigenvalue weighted by Gasteiger charge is -2.15. The normalized spacial score (nSPS) is 13.2. The third-order valence-corrected chi connectivity index (χ3v) is 2.39. The highest BCUT2D eigenvalue weighted by atomic mass is 79.9. The largest absolute Gasteiger partial charge is 0.484 e. The molecule has 5 nitrogen and oxygen atoms in total. The van der Waals surface area contributed by atoms with Crippen LogP contribution in [0, 0.1) is 10.1 Å². The van der Waals surface area contributed by atoms with Gasteiger partial charge >= 0.3 is 11.9 Å². The molecule has 0 aliphatic carbocycles. The summed E-state index contributed by atoms with van der Waals surface area (Å²) in [5.41, 5.74) is -0.487. The molecule has 1 atom stereocenters. The molecule has 0 saturated carbocycles. The molecule has 1 aromatic carbocycles. The summed E-state index contributed by atoms with van der Waals surface area (Å²) < 4.78 is 41.0. The maximum atomic E-state index is 12.0. The number of halogens is 4. The van der Waals surface area contributed by atoms with Gasteiger partial charge in [-0.05, 0) is 12.1 Å². The van der Waals surface area contributed by atoms with Crippen molar-refractivity contribution < 1.29 is 27.9 Å². The van der Waals surface area contributed by atoms with E-state index < -0.39 is 29.5 Å². The fourth-order valence-electron chi connectivity index (χ4n) is 1.02. The zero-order chi connectivity index (χ0) is 13.9. The summed E-state index contributed by atoms with van der Waals surface area (Å²) in [4.78, 5) is 9.84. The molecule has 1 rings (SSSR count). The van der Waals surface area contributed by atoms with E-state index in [-0.39, 0.29) is 5.75 Å². The minimum atomic E-state index is -4.83. The summed E-state index contributed by atoms with van der Waals surface area (Å²) in [6, 6.07) is 3.61. The number of nitro groups is 1. The maximum Gasteiger partial charge on any atom is 0.417 e. The molecule has 0 saturated heterocycles. The Morgan fingerprint density at radius 3 is 2.61 bits per heavy atom. The van der Waals surface area contributed by atoms with Crippen molar-refractivity contribution in [3.63, 3.8) is 0 Å². The van der Waals surface area contributed by atoms with E-state index in [9.17, 15) is 23.3 Å². The molecule has 1 aromatic rings. The minimum absolute atomic E-state index is 0.341. The van der Waals surface area contributed by atoms with Crippen LogP contribution in [-0.2, 0) is 0 Å². The molecule has 0 aliphatic rings. The van der Waals surface area contributed by atoms with Crippen molar-refractivity contribution in [2.24, 2.45) is 0 Å². The van der Waals surface area contributed by atoms with E-state index in [0.717, 1.165) is 12.1 Å². The number of nitrogens with zero attached hydrogens (tertiary/aromatic N) is 1. The number of hydrogen-bond acceptors (Lipinski definition) is 4. The van der Waals surface area contributed by atoms with Crippen LogP contribution in [0.15, 0.2) is 22.7 Å². The van der Waals surface area contributed by atoms with Crippen molar-refractivity contribution in [1.29, 1.82) is 0 Å². The zero-order valence-corrected chi connectivity index (χ0v) is 10.2. The number of benzene rings is 1. The number of ether oxygens (including phenoxy) is 1. The van der Waals surface area contributed by atoms with E-state index in [1.54, 1.807) is 0 Å². The Balaban J connectivity index is 2.82. The first-order chi connectivity index (χ1) is 8.21. The van der Waals surface area contributed by atoms with Crippen LogP contribution in [0.4, 0.5) is 18.9 Å². The standard InChI is InChI=1S/C9H7BrF3NO4/c10-5-1-2-7(6(3-5)14(16)17)18-4-8(15)9(11,12)13/h1-3,8,15H,4H2. The second-order valence-corrected chi connectivity index (χ2v) is 4.15. The second kappa shape index (κ2) is 5.53. The van der Waals surface area contributed by atoms with E-state index in [2.05, 4.69) is 20.7 Å². The Bertz CT molecular complexity index is 452. The van der Waals surface area contributed by atoms with Crippen molar-refractivity contribution in [2.45, 2.75) is 12.3 Å². The summed E-state index contributed by atoms with van der Waals surface area (Å²) in [6.45, 7) is -1.11. The maximum absolute atomic E-state index is 12.0. The highest BCUT2D eigenvalue weighted by Crippen LogP contribution is 2.31. The van der Waals surface area contributed by atoms with E-state index in [0.29, 0.717) is 4.47 Å². The lowest BCUT2D eigenvalue weighted by atomic mass is 10.3. The number of aliphatic hydroxyl groups is 1. The van der Waals surface area contributed by atoms with Gasteiger partial charge < -0.3 is 9.84 Å². The van der Waals surface area contributed by atoms with Gasteiger partial charge in [-0.1, -0.05) is 15.9 Å². The Morgan fingerprint density at radius 1 is 1.50 bits per heavy atom. The molecule has 18 heavy (non-hydrogen) atoms. The number of aliphatic hydroxyl groups excluding tert-OH is 1. The van der Waals surface area contributed by atoms with E-state index >= 15 is 0 Å². The van der Waals surface area contributed by atoms with Gasteiger partial charge in [0.05, 0.1) is 4.92 Å². The van der Waals surface area contributed by atoms with Gasteiger partial charge in [0, 0.05) is 10.5 Å². The van der Waals surface area contributed by atoms with Crippen molar-refractivity contribution in [3.05, 3.63) is 32.8 Å². The molecule has 0 heterocycles. The van der Waals surface area contributed by atoms with Crippen LogP contribution in [0.3, 0.4) is 0 Å². The first-order valence-corrected chi connectivity index (χ1v) is 5.32. The molecule has 0 fully saturated rings. The van der Waals surface area contributed by atoms with Crippen LogP contribution in [-0.4, -0.2) is 28.9 Å². The third kappa shape index (κ3) is 3.84. The average molecular weight is 330 g/mol. The van der Waals surface area contributed by atoms with Gasteiger partial charge in [-0.15, -0.1) is 0 Å². The SMILES string of the molecule is O=[N+]([O-])c1cc(Br)ccc1OCC(O)C(F)(F)F. The van der Waals surface area contributed by atoms with Crippen molar-refractivity contribution in [1.82, 2.24) is 0 Å². The first kappa shape index (κ1) is 14.7. The highest BCUT2D eigenvalue weighted by Gasteiger charge is 2.39. The van der Waals surface area contributed by atoms with Crippen molar-refractivity contribution >= 4 is 21.6 Å². The fraction of sp³-hybridized carbons (Fsp3) is 0.333. The predicted molar refractivity (Wildman–Crippen MR) is 58.4 cm³/mol. The summed E-state index contributed by atoms with van der Waals surface area (Å²) in [6.07, 6.45) is -7.52. The lowest BCUT2D eigenvalue weighted by Crippen LogP contribution is -2.34. The summed E-state index contributed by atoms with van der Waals surface area (Å²) in [7, 11) is 0. The molecular weight excluding hydrogens is 323 g/mol. The molecule has 0 spiro atoms. The third-order valence-electron chi connectivity index (χ3n) is 1.89. The molecule has 0 amide bonds. The zero-order valence-electron chi connectivity index (χ0n) is 8.65. The Morgan fingerprint density at radius 2 is 2.11 bits per heavy atom. The molecular formula is C9H7BrF3NO4. The van der Waals surface area contributed by atoms with E-state index in [1.807, 2.05) is 0 Å². The molecule has 1 N–H and O–H groups in total. The molecule has 0 aromatic heterocycles. The van der Waals surface area contributed by atoms with Crippen molar-refractivity contribution in [3.8, 4) is 5.75 Å². The van der Waals surface area contributed by atoms with Gasteiger partial charge in [-0.25, -0.2) is 0 Å². The summed E-state index contributed by atoms with van der Waals surface area (Å²) in [5, 5.41) is 19.3. The van der Waals surface area contributed by atoms with Crippen LogP contribution in [0.2, 0.25) is 0 Å². The number of alkyl halides is 3.